The molecule has 0 amide bonds. The van der Waals surface area contributed by atoms with Crippen molar-refractivity contribution < 1.29 is 19.8 Å². The van der Waals surface area contributed by atoms with Gasteiger partial charge in [0.05, 0.1) is 11.6 Å². The predicted molar refractivity (Wildman–Crippen MR) is 86.3 cm³/mol. The van der Waals surface area contributed by atoms with Gasteiger partial charge in [-0.2, -0.15) is 0 Å². The molecule has 2 aromatic rings. The van der Waals surface area contributed by atoms with Crippen molar-refractivity contribution in [2.75, 3.05) is 5.32 Å². The van der Waals surface area contributed by atoms with E-state index in [-0.39, 0.29) is 11.3 Å². The summed E-state index contributed by atoms with van der Waals surface area (Å²) in [5, 5.41) is 22.5. The lowest BCUT2D eigenvalue weighted by atomic mass is 9.90. The third-order valence-electron chi connectivity index (χ3n) is 3.62. The van der Waals surface area contributed by atoms with Gasteiger partial charge in [-0.05, 0) is 29.8 Å². The summed E-state index contributed by atoms with van der Waals surface area (Å²) in [6.45, 7) is 0. The molecule has 0 heterocycles. The first-order valence-corrected chi connectivity index (χ1v) is 7.19. The van der Waals surface area contributed by atoms with E-state index < -0.39 is 17.8 Å². The average molecular weight is 330 g/mol. The van der Waals surface area contributed by atoms with Crippen LogP contribution in [0.15, 0.2) is 54.3 Å². The maximum Gasteiger partial charge on any atom is 0.337 e. The molecule has 0 radical (unpaired) electrons. The molecule has 0 aliphatic heterocycles. The number of hydrogen-bond acceptors (Lipinski definition) is 4. The molecule has 1 unspecified atom stereocenters. The van der Waals surface area contributed by atoms with Crippen LogP contribution in [0.5, 0.6) is 0 Å². The fourth-order valence-corrected chi connectivity index (χ4v) is 2.71. The molecule has 0 fully saturated rings. The zero-order valence-corrected chi connectivity index (χ0v) is 12.5. The van der Waals surface area contributed by atoms with Crippen LogP contribution in [0.1, 0.15) is 32.3 Å². The minimum atomic E-state index is -1.12. The van der Waals surface area contributed by atoms with E-state index in [1.807, 2.05) is 0 Å². The van der Waals surface area contributed by atoms with Crippen LogP contribution < -0.4 is 5.32 Å². The standard InChI is InChI=1S/C17H12ClNO4/c18-9-5-6-13(12(7-9)17(22)23)19-14-8-15(20)16(21)11-4-2-1-3-10(11)14/h1-8,14,19-20H,(H,22,23). The monoisotopic (exact) mass is 329 g/mol. The molecule has 0 aromatic heterocycles. The molecule has 0 spiro atoms. The highest BCUT2D eigenvalue weighted by Crippen LogP contribution is 2.32. The Morgan fingerprint density at radius 3 is 2.65 bits per heavy atom. The first kappa shape index (κ1) is 15.1. The number of aliphatic hydroxyl groups excluding tert-OH is 1. The Bertz CT molecular complexity index is 844. The fourth-order valence-electron chi connectivity index (χ4n) is 2.54. The van der Waals surface area contributed by atoms with Crippen molar-refractivity contribution in [2.45, 2.75) is 6.04 Å². The highest BCUT2D eigenvalue weighted by molar-refractivity contribution is 6.31. The number of ketones is 1. The Balaban J connectivity index is 2.04. The van der Waals surface area contributed by atoms with E-state index in [9.17, 15) is 19.8 Å². The van der Waals surface area contributed by atoms with Gasteiger partial charge in [0, 0.05) is 16.3 Å². The molecular formula is C17H12ClNO4. The first-order valence-electron chi connectivity index (χ1n) is 6.81. The highest BCUT2D eigenvalue weighted by Gasteiger charge is 2.27. The number of aliphatic hydroxyl groups is 1. The first-order chi connectivity index (χ1) is 11.0. The van der Waals surface area contributed by atoms with Crippen molar-refractivity contribution in [2.24, 2.45) is 0 Å². The van der Waals surface area contributed by atoms with E-state index >= 15 is 0 Å². The van der Waals surface area contributed by atoms with Crippen LogP contribution in [0.25, 0.3) is 0 Å². The molecular weight excluding hydrogens is 318 g/mol. The number of hydrogen-bond donors (Lipinski definition) is 3. The van der Waals surface area contributed by atoms with Gasteiger partial charge in [-0.1, -0.05) is 35.9 Å². The lowest BCUT2D eigenvalue weighted by molar-refractivity contribution is 0.0697. The predicted octanol–water partition coefficient (Wildman–Crippen LogP) is 3.83. The van der Waals surface area contributed by atoms with Crippen molar-refractivity contribution in [3.63, 3.8) is 0 Å². The highest BCUT2D eigenvalue weighted by atomic mass is 35.5. The second kappa shape index (κ2) is 5.78. The van der Waals surface area contributed by atoms with E-state index in [1.165, 1.54) is 12.1 Å². The van der Waals surface area contributed by atoms with Gasteiger partial charge in [0.2, 0.25) is 5.78 Å². The summed E-state index contributed by atoms with van der Waals surface area (Å²) in [6.07, 6.45) is 1.37. The fraction of sp³-hybridized carbons (Fsp3) is 0.0588. The van der Waals surface area contributed by atoms with Gasteiger partial charge in [0.1, 0.15) is 0 Å². The molecule has 0 saturated heterocycles. The Labute approximate surface area is 136 Å². The molecule has 1 aliphatic rings. The molecule has 3 N–H and O–H groups in total. The number of fused-ring (bicyclic) bond motifs is 1. The largest absolute Gasteiger partial charge is 0.504 e. The summed E-state index contributed by atoms with van der Waals surface area (Å²) in [5.74, 6) is -1.94. The van der Waals surface area contributed by atoms with Crippen LogP contribution >= 0.6 is 11.6 Å². The van der Waals surface area contributed by atoms with Gasteiger partial charge in [-0.3, -0.25) is 4.79 Å². The Morgan fingerprint density at radius 1 is 1.17 bits per heavy atom. The normalized spacial score (nSPS) is 16.5. The molecule has 1 atom stereocenters. The number of nitrogens with one attached hydrogen (secondary N) is 1. The van der Waals surface area contributed by atoms with E-state index in [2.05, 4.69) is 5.32 Å². The third-order valence-corrected chi connectivity index (χ3v) is 3.86. The van der Waals surface area contributed by atoms with E-state index in [1.54, 1.807) is 36.4 Å². The van der Waals surface area contributed by atoms with Crippen molar-refractivity contribution >= 4 is 29.0 Å². The number of anilines is 1. The summed E-state index contributed by atoms with van der Waals surface area (Å²) >= 11 is 5.84. The van der Waals surface area contributed by atoms with Gasteiger partial charge in [-0.15, -0.1) is 0 Å². The topological polar surface area (TPSA) is 86.6 Å². The smallest absolute Gasteiger partial charge is 0.337 e. The number of carboxylic acid groups (broad SMARTS) is 1. The third kappa shape index (κ3) is 2.78. The SMILES string of the molecule is O=C(O)c1cc(Cl)ccc1NC1C=C(O)C(=O)c2ccccc21. The average Bonchev–Trinajstić information content (AvgIpc) is 2.53. The van der Waals surface area contributed by atoms with Crippen LogP contribution in [-0.2, 0) is 0 Å². The summed E-state index contributed by atoms with van der Waals surface area (Å²) in [5.41, 5.74) is 1.41. The number of carboxylic acids is 1. The van der Waals surface area contributed by atoms with Crippen LogP contribution in [0.3, 0.4) is 0 Å². The van der Waals surface area contributed by atoms with Crippen molar-refractivity contribution in [1.29, 1.82) is 0 Å². The molecule has 116 valence electrons. The van der Waals surface area contributed by atoms with Crippen molar-refractivity contribution in [1.82, 2.24) is 0 Å². The maximum atomic E-state index is 12.0. The number of Topliss-reactive ketones (excluding diaryl/α,β-unsaturated/α-hetero) is 1. The van der Waals surface area contributed by atoms with Crippen LogP contribution in [-0.4, -0.2) is 22.0 Å². The van der Waals surface area contributed by atoms with Gasteiger partial charge in [-0.25, -0.2) is 4.79 Å². The molecule has 6 heteroatoms. The molecule has 0 bridgehead atoms. The number of halogens is 1. The van der Waals surface area contributed by atoms with E-state index in [0.29, 0.717) is 21.8 Å². The minimum absolute atomic E-state index is 0.0137. The molecule has 3 rings (SSSR count). The van der Waals surface area contributed by atoms with Gasteiger partial charge in [0.25, 0.3) is 0 Å². The summed E-state index contributed by atoms with van der Waals surface area (Å²) < 4.78 is 0. The Kier molecular flexibility index (Phi) is 3.80. The lowest BCUT2D eigenvalue weighted by Gasteiger charge is -2.24. The summed E-state index contributed by atoms with van der Waals surface area (Å²) in [7, 11) is 0. The molecule has 5 nitrogen and oxygen atoms in total. The quantitative estimate of drug-likeness (QED) is 0.796. The number of rotatable bonds is 3. The number of carbonyl (C=O) groups excluding carboxylic acids is 1. The minimum Gasteiger partial charge on any atom is -0.504 e. The number of aromatic carboxylic acids is 1. The van der Waals surface area contributed by atoms with Crippen LogP contribution in [0.4, 0.5) is 5.69 Å². The zero-order chi connectivity index (χ0) is 16.6. The zero-order valence-electron chi connectivity index (χ0n) is 11.8. The summed E-state index contributed by atoms with van der Waals surface area (Å²) in [4.78, 5) is 23.3. The van der Waals surface area contributed by atoms with E-state index in [4.69, 9.17) is 11.6 Å². The van der Waals surface area contributed by atoms with Crippen LogP contribution in [0.2, 0.25) is 5.02 Å². The summed E-state index contributed by atoms with van der Waals surface area (Å²) in [6, 6.07) is 10.8. The van der Waals surface area contributed by atoms with Crippen LogP contribution in [0, 0.1) is 0 Å². The molecule has 2 aromatic carbocycles. The lowest BCUT2D eigenvalue weighted by Crippen LogP contribution is -2.21. The van der Waals surface area contributed by atoms with Gasteiger partial charge >= 0.3 is 5.97 Å². The number of benzene rings is 2. The second-order valence-corrected chi connectivity index (χ2v) is 5.52. The molecule has 0 saturated carbocycles. The second-order valence-electron chi connectivity index (χ2n) is 5.09. The Hall–Kier alpha value is -2.79. The maximum absolute atomic E-state index is 12.0. The Morgan fingerprint density at radius 2 is 1.91 bits per heavy atom. The van der Waals surface area contributed by atoms with Gasteiger partial charge in [0.15, 0.2) is 5.76 Å². The number of allylic oxidation sites excluding steroid dienone is 1. The van der Waals surface area contributed by atoms with Crippen molar-refractivity contribution in [3.8, 4) is 0 Å². The van der Waals surface area contributed by atoms with Gasteiger partial charge < -0.3 is 15.5 Å². The van der Waals surface area contributed by atoms with E-state index in [0.717, 1.165) is 0 Å². The molecule has 1 aliphatic carbocycles. The molecule has 23 heavy (non-hydrogen) atoms. The van der Waals surface area contributed by atoms with Crippen molar-refractivity contribution in [3.05, 3.63) is 76.0 Å². The number of carbonyl (C=O) groups is 2.